The number of aliphatic imine (C=N–C) groups is 1. The van der Waals surface area contributed by atoms with Crippen LogP contribution < -0.4 is 0 Å². The highest BCUT2D eigenvalue weighted by molar-refractivity contribution is 8.18. The quantitative estimate of drug-likeness (QED) is 0.713. The van der Waals surface area contributed by atoms with Crippen LogP contribution in [0.3, 0.4) is 0 Å². The average molecular weight is 361 g/mol. The number of thioether (sulfide) groups is 1. The van der Waals surface area contributed by atoms with Gasteiger partial charge in [-0.25, -0.2) is 9.38 Å². The molecule has 1 saturated heterocycles. The lowest BCUT2D eigenvalue weighted by atomic mass is 10.2. The Hall–Kier alpha value is -2.11. The van der Waals surface area contributed by atoms with Crippen LogP contribution in [0.1, 0.15) is 12.5 Å². The van der Waals surface area contributed by atoms with Gasteiger partial charge in [-0.15, -0.1) is 0 Å². The Morgan fingerprint density at radius 1 is 1.21 bits per heavy atom. The molecule has 0 bridgehead atoms. The van der Waals surface area contributed by atoms with Crippen molar-refractivity contribution in [2.24, 2.45) is 4.99 Å². The summed E-state index contributed by atoms with van der Waals surface area (Å²) in [6, 6.07) is 13.2. The van der Waals surface area contributed by atoms with E-state index in [0.29, 0.717) is 27.3 Å². The standard InChI is InChI=1S/C18H14ClFN2OS/c1-2-22-17(23)16(11-12-7-9-13(20)10-8-12)24-18(22)21-15-6-4-3-5-14(15)19/h3-11H,2H2,1H3/b16-11+,21-18?. The molecule has 1 aliphatic rings. The molecule has 2 aromatic carbocycles. The number of para-hydroxylation sites is 1. The number of hydrogen-bond donors (Lipinski definition) is 0. The molecule has 6 heteroatoms. The fourth-order valence-electron chi connectivity index (χ4n) is 2.23. The number of carbonyl (C=O) groups excluding carboxylic acids is 1. The summed E-state index contributed by atoms with van der Waals surface area (Å²) in [6.07, 6.45) is 1.74. The van der Waals surface area contributed by atoms with Crippen molar-refractivity contribution in [2.45, 2.75) is 6.92 Å². The third kappa shape index (κ3) is 3.52. The molecule has 0 N–H and O–H groups in total. The van der Waals surface area contributed by atoms with Gasteiger partial charge < -0.3 is 0 Å². The van der Waals surface area contributed by atoms with Crippen molar-refractivity contribution in [2.75, 3.05) is 6.54 Å². The zero-order valence-corrected chi connectivity index (χ0v) is 14.4. The molecular weight excluding hydrogens is 347 g/mol. The molecule has 2 aromatic rings. The number of hydrogen-bond acceptors (Lipinski definition) is 3. The van der Waals surface area contributed by atoms with Crippen LogP contribution in [0.5, 0.6) is 0 Å². The SMILES string of the molecule is CCN1C(=O)/C(=C\c2ccc(F)cc2)SC1=Nc1ccccc1Cl. The highest BCUT2D eigenvalue weighted by Gasteiger charge is 2.32. The van der Waals surface area contributed by atoms with Crippen LogP contribution >= 0.6 is 23.4 Å². The van der Waals surface area contributed by atoms with Crippen LogP contribution in [-0.2, 0) is 4.79 Å². The minimum Gasteiger partial charge on any atom is -0.287 e. The van der Waals surface area contributed by atoms with Crippen molar-refractivity contribution in [3.63, 3.8) is 0 Å². The molecule has 3 nitrogen and oxygen atoms in total. The van der Waals surface area contributed by atoms with E-state index >= 15 is 0 Å². The van der Waals surface area contributed by atoms with E-state index in [1.54, 1.807) is 35.2 Å². The number of likely N-dealkylation sites (N-methyl/N-ethyl adjacent to an activating group) is 1. The molecule has 0 unspecified atom stereocenters. The van der Waals surface area contributed by atoms with Gasteiger partial charge in [0.15, 0.2) is 5.17 Å². The number of amidine groups is 1. The van der Waals surface area contributed by atoms with Gasteiger partial charge >= 0.3 is 0 Å². The lowest BCUT2D eigenvalue weighted by molar-refractivity contribution is -0.122. The molecule has 3 rings (SSSR count). The number of nitrogens with zero attached hydrogens (tertiary/aromatic N) is 2. The van der Waals surface area contributed by atoms with Crippen molar-refractivity contribution in [1.29, 1.82) is 0 Å². The van der Waals surface area contributed by atoms with Gasteiger partial charge in [0.1, 0.15) is 5.82 Å². The normalized spacial score (nSPS) is 18.0. The van der Waals surface area contributed by atoms with Gasteiger partial charge in [0.25, 0.3) is 5.91 Å². The Morgan fingerprint density at radius 3 is 2.58 bits per heavy atom. The Morgan fingerprint density at radius 2 is 1.92 bits per heavy atom. The Kier molecular flexibility index (Phi) is 5.02. The summed E-state index contributed by atoms with van der Waals surface area (Å²) in [5, 5.41) is 1.12. The number of halogens is 2. The Bertz CT molecular complexity index is 833. The molecule has 0 atom stereocenters. The van der Waals surface area contributed by atoms with E-state index in [2.05, 4.69) is 4.99 Å². The summed E-state index contributed by atoms with van der Waals surface area (Å²) in [5.74, 6) is -0.420. The summed E-state index contributed by atoms with van der Waals surface area (Å²) >= 11 is 7.43. The van der Waals surface area contributed by atoms with Crippen molar-refractivity contribution in [3.05, 3.63) is 69.8 Å². The maximum Gasteiger partial charge on any atom is 0.266 e. The zero-order chi connectivity index (χ0) is 17.1. The molecule has 24 heavy (non-hydrogen) atoms. The summed E-state index contributed by atoms with van der Waals surface area (Å²) < 4.78 is 13.0. The molecule has 0 saturated carbocycles. The highest BCUT2D eigenvalue weighted by atomic mass is 35.5. The molecule has 1 fully saturated rings. The first-order valence-electron chi connectivity index (χ1n) is 7.38. The van der Waals surface area contributed by atoms with E-state index in [0.717, 1.165) is 5.56 Å². The van der Waals surface area contributed by atoms with Gasteiger partial charge in [-0.05, 0) is 54.6 Å². The lowest BCUT2D eigenvalue weighted by Gasteiger charge is -2.12. The maximum atomic E-state index is 13.0. The van der Waals surface area contributed by atoms with Crippen LogP contribution in [0.4, 0.5) is 10.1 Å². The minimum absolute atomic E-state index is 0.113. The first-order valence-corrected chi connectivity index (χ1v) is 8.58. The van der Waals surface area contributed by atoms with E-state index in [4.69, 9.17) is 11.6 Å². The first-order chi connectivity index (χ1) is 11.6. The molecule has 0 aliphatic carbocycles. The van der Waals surface area contributed by atoms with Crippen LogP contribution in [0.25, 0.3) is 6.08 Å². The van der Waals surface area contributed by atoms with Crippen LogP contribution in [0, 0.1) is 5.82 Å². The van der Waals surface area contributed by atoms with Gasteiger partial charge in [-0.1, -0.05) is 35.9 Å². The number of rotatable bonds is 3. The largest absolute Gasteiger partial charge is 0.287 e. The summed E-state index contributed by atoms with van der Waals surface area (Å²) in [6.45, 7) is 2.40. The van der Waals surface area contributed by atoms with E-state index < -0.39 is 0 Å². The van der Waals surface area contributed by atoms with Crippen molar-refractivity contribution >= 4 is 46.2 Å². The summed E-state index contributed by atoms with van der Waals surface area (Å²) in [5.41, 5.74) is 1.39. The van der Waals surface area contributed by atoms with E-state index in [1.165, 1.54) is 23.9 Å². The van der Waals surface area contributed by atoms with Gasteiger partial charge in [-0.3, -0.25) is 9.69 Å². The van der Waals surface area contributed by atoms with E-state index in [9.17, 15) is 9.18 Å². The fraction of sp³-hybridized carbons (Fsp3) is 0.111. The third-order valence-electron chi connectivity index (χ3n) is 3.44. The zero-order valence-electron chi connectivity index (χ0n) is 12.9. The second kappa shape index (κ2) is 7.20. The van der Waals surface area contributed by atoms with Gasteiger partial charge in [0.05, 0.1) is 15.6 Å². The molecule has 122 valence electrons. The Balaban J connectivity index is 1.94. The van der Waals surface area contributed by atoms with Crippen LogP contribution in [0.15, 0.2) is 58.4 Å². The average Bonchev–Trinajstić information content (AvgIpc) is 2.87. The second-order valence-electron chi connectivity index (χ2n) is 5.06. The molecule has 0 spiro atoms. The van der Waals surface area contributed by atoms with Gasteiger partial charge in [0.2, 0.25) is 0 Å². The van der Waals surface area contributed by atoms with Crippen LogP contribution in [-0.4, -0.2) is 22.5 Å². The summed E-state index contributed by atoms with van der Waals surface area (Å²) in [4.78, 5) is 19.2. The van der Waals surface area contributed by atoms with Gasteiger partial charge in [0, 0.05) is 6.54 Å². The monoisotopic (exact) mass is 360 g/mol. The summed E-state index contributed by atoms with van der Waals surface area (Å²) in [7, 11) is 0. The molecule has 1 amide bonds. The smallest absolute Gasteiger partial charge is 0.266 e. The molecule has 1 heterocycles. The molecular formula is C18H14ClFN2OS. The number of benzene rings is 2. The second-order valence-corrected chi connectivity index (χ2v) is 6.47. The first kappa shape index (κ1) is 16.7. The van der Waals surface area contributed by atoms with E-state index in [1.807, 2.05) is 19.1 Å². The molecule has 1 aliphatic heterocycles. The Labute approximate surface area is 148 Å². The highest BCUT2D eigenvalue weighted by Crippen LogP contribution is 2.35. The third-order valence-corrected chi connectivity index (χ3v) is 4.77. The molecule has 0 radical (unpaired) electrons. The van der Waals surface area contributed by atoms with E-state index in [-0.39, 0.29) is 11.7 Å². The predicted octanol–water partition coefficient (Wildman–Crippen LogP) is 5.10. The topological polar surface area (TPSA) is 32.7 Å². The van der Waals surface area contributed by atoms with Crippen molar-refractivity contribution in [3.8, 4) is 0 Å². The van der Waals surface area contributed by atoms with Gasteiger partial charge in [-0.2, -0.15) is 0 Å². The lowest BCUT2D eigenvalue weighted by Crippen LogP contribution is -2.28. The maximum absolute atomic E-state index is 13.0. The van der Waals surface area contributed by atoms with Crippen molar-refractivity contribution < 1.29 is 9.18 Å². The minimum atomic E-state index is -0.307. The van der Waals surface area contributed by atoms with Crippen LogP contribution in [0.2, 0.25) is 5.02 Å². The number of carbonyl (C=O) groups is 1. The predicted molar refractivity (Wildman–Crippen MR) is 97.9 cm³/mol. The number of amides is 1. The molecule has 0 aromatic heterocycles. The fourth-order valence-corrected chi connectivity index (χ4v) is 3.46. The van der Waals surface area contributed by atoms with Crippen molar-refractivity contribution in [1.82, 2.24) is 4.90 Å².